The maximum atomic E-state index is 13.9. The number of nitrogens with one attached hydrogen (secondary N) is 2. The van der Waals surface area contributed by atoms with Crippen molar-refractivity contribution in [2.24, 2.45) is 23.7 Å². The Morgan fingerprint density at radius 1 is 0.765 bits per heavy atom. The third-order valence-electron chi connectivity index (χ3n) is 9.11. The molecule has 2 N–H and O–H groups in total. The molecule has 5 atom stereocenters. The van der Waals surface area contributed by atoms with Crippen LogP contribution in [0.3, 0.4) is 0 Å². The van der Waals surface area contributed by atoms with Crippen molar-refractivity contribution in [2.45, 2.75) is 130 Å². The molecule has 0 aliphatic carbocycles. The van der Waals surface area contributed by atoms with Crippen LogP contribution in [0.4, 0.5) is 0 Å². The summed E-state index contributed by atoms with van der Waals surface area (Å²) in [5, 5.41) is 6.01. The number of amides is 2. The van der Waals surface area contributed by atoms with Gasteiger partial charge >= 0.3 is 5.97 Å². The van der Waals surface area contributed by atoms with Crippen LogP contribution in [0.5, 0.6) is 0 Å². The lowest BCUT2D eigenvalue weighted by Gasteiger charge is -2.26. The Labute approximate surface area is 305 Å². The topological polar surface area (TPSA) is 131 Å². The van der Waals surface area contributed by atoms with E-state index in [0.29, 0.717) is 38.7 Å². The highest BCUT2D eigenvalue weighted by molar-refractivity contribution is 5.97. The Morgan fingerprint density at radius 3 is 1.80 bits per heavy atom. The highest BCUT2D eigenvalue weighted by Gasteiger charge is 2.50. The van der Waals surface area contributed by atoms with E-state index in [0.717, 1.165) is 11.1 Å². The molecule has 51 heavy (non-hydrogen) atoms. The number of carbonyl (C=O) groups excluding carboxylic acids is 5. The van der Waals surface area contributed by atoms with Gasteiger partial charge in [0.2, 0.25) is 11.8 Å². The van der Waals surface area contributed by atoms with Gasteiger partial charge in [-0.05, 0) is 89.2 Å². The molecule has 0 radical (unpaired) electrons. The predicted octanol–water partition coefficient (Wildman–Crippen LogP) is 6.60. The number of hydrogen-bond donors (Lipinski definition) is 2. The van der Waals surface area contributed by atoms with E-state index in [-0.39, 0.29) is 54.5 Å². The molecule has 9 heteroatoms. The van der Waals surface area contributed by atoms with Crippen molar-refractivity contribution in [3.63, 3.8) is 0 Å². The fourth-order valence-electron chi connectivity index (χ4n) is 6.25. The minimum Gasteiger partial charge on any atom is -0.460 e. The van der Waals surface area contributed by atoms with E-state index in [2.05, 4.69) is 10.6 Å². The van der Waals surface area contributed by atoms with Crippen LogP contribution in [-0.4, -0.2) is 59.2 Å². The van der Waals surface area contributed by atoms with Crippen molar-refractivity contribution in [2.75, 3.05) is 6.61 Å². The normalized spacial score (nSPS) is 18.0. The number of hydrogen-bond acceptors (Lipinski definition) is 7. The summed E-state index contributed by atoms with van der Waals surface area (Å²) in [5.74, 6) is -2.40. The monoisotopic (exact) mass is 704 g/mol. The Balaban J connectivity index is 1.77. The minimum atomic E-state index is -0.873. The number of ketones is 2. The highest BCUT2D eigenvalue weighted by atomic mass is 16.6. The van der Waals surface area contributed by atoms with Crippen molar-refractivity contribution >= 4 is 29.4 Å². The predicted molar refractivity (Wildman–Crippen MR) is 199 cm³/mol. The van der Waals surface area contributed by atoms with Gasteiger partial charge in [0.25, 0.3) is 0 Å². The van der Waals surface area contributed by atoms with Gasteiger partial charge in [0.15, 0.2) is 11.6 Å². The number of aryl methyl sites for hydroxylation is 1. The number of epoxide rings is 1. The molecular weight excluding hydrogens is 644 g/mol. The molecule has 2 aromatic carbocycles. The number of rotatable bonds is 21. The molecule has 2 aromatic rings. The maximum absolute atomic E-state index is 13.9. The lowest BCUT2D eigenvalue weighted by atomic mass is 9.88. The zero-order valence-electron chi connectivity index (χ0n) is 32.0. The minimum absolute atomic E-state index is 0.0625. The number of carbonyl (C=O) groups is 5. The second kappa shape index (κ2) is 19.1. The first-order valence-corrected chi connectivity index (χ1v) is 18.6. The molecular formula is C42H60N2O7. The molecule has 1 fully saturated rings. The first kappa shape index (κ1) is 41.6. The molecule has 3 rings (SSSR count). The molecule has 280 valence electrons. The molecule has 9 nitrogen and oxygen atoms in total. The summed E-state index contributed by atoms with van der Waals surface area (Å²) < 4.78 is 11.0. The van der Waals surface area contributed by atoms with Crippen LogP contribution in [0.15, 0.2) is 60.7 Å². The number of esters is 1. The first-order valence-electron chi connectivity index (χ1n) is 18.6. The van der Waals surface area contributed by atoms with Crippen LogP contribution >= 0.6 is 0 Å². The molecule has 1 saturated heterocycles. The van der Waals surface area contributed by atoms with Gasteiger partial charge in [-0.25, -0.2) is 0 Å². The van der Waals surface area contributed by atoms with Crippen molar-refractivity contribution in [3.8, 4) is 0 Å². The zero-order valence-corrected chi connectivity index (χ0v) is 32.0. The lowest BCUT2D eigenvalue weighted by Crippen LogP contribution is -2.49. The van der Waals surface area contributed by atoms with Crippen molar-refractivity contribution < 1.29 is 33.4 Å². The van der Waals surface area contributed by atoms with Gasteiger partial charge in [-0.15, -0.1) is 0 Å². The van der Waals surface area contributed by atoms with Gasteiger partial charge in [0.05, 0.1) is 25.1 Å². The van der Waals surface area contributed by atoms with Crippen LogP contribution < -0.4 is 10.6 Å². The third kappa shape index (κ3) is 14.7. The molecule has 0 aromatic heterocycles. The average Bonchev–Trinajstić information content (AvgIpc) is 3.81. The van der Waals surface area contributed by atoms with E-state index < -0.39 is 41.1 Å². The van der Waals surface area contributed by atoms with Crippen LogP contribution in [0.1, 0.15) is 105 Å². The number of Topliss-reactive ketones (excluding diaryl/α,β-unsaturated/α-hetero) is 2. The highest BCUT2D eigenvalue weighted by Crippen LogP contribution is 2.30. The van der Waals surface area contributed by atoms with Crippen LogP contribution in [0, 0.1) is 23.7 Å². The Morgan fingerprint density at radius 2 is 1.27 bits per heavy atom. The number of ether oxygens (including phenoxy) is 2. The van der Waals surface area contributed by atoms with Gasteiger partial charge in [-0.3, -0.25) is 24.0 Å². The summed E-state index contributed by atoms with van der Waals surface area (Å²) in [6.07, 6.45) is 2.51. The number of benzene rings is 2. The van der Waals surface area contributed by atoms with Crippen molar-refractivity contribution in [1.29, 1.82) is 0 Å². The fraction of sp³-hybridized carbons (Fsp3) is 0.595. The van der Waals surface area contributed by atoms with E-state index in [1.165, 1.54) is 0 Å². The average molecular weight is 705 g/mol. The zero-order chi connectivity index (χ0) is 37.8. The van der Waals surface area contributed by atoms with E-state index in [4.69, 9.17) is 9.47 Å². The van der Waals surface area contributed by atoms with Gasteiger partial charge in [0, 0.05) is 18.3 Å². The van der Waals surface area contributed by atoms with Gasteiger partial charge in [-0.1, -0.05) is 88.4 Å². The van der Waals surface area contributed by atoms with Crippen LogP contribution in [-0.2, 0) is 46.3 Å². The van der Waals surface area contributed by atoms with Gasteiger partial charge < -0.3 is 20.1 Å². The first-order chi connectivity index (χ1) is 24.0. The summed E-state index contributed by atoms with van der Waals surface area (Å²) >= 11 is 0. The van der Waals surface area contributed by atoms with Gasteiger partial charge in [-0.2, -0.15) is 0 Å². The van der Waals surface area contributed by atoms with E-state index in [1.54, 1.807) is 27.7 Å². The fourth-order valence-corrected chi connectivity index (χ4v) is 6.25. The van der Waals surface area contributed by atoms with E-state index >= 15 is 0 Å². The smallest absolute Gasteiger partial charge is 0.307 e. The van der Waals surface area contributed by atoms with Crippen LogP contribution in [0.2, 0.25) is 0 Å². The molecule has 0 bridgehead atoms. The molecule has 1 aliphatic rings. The standard InChI is InChI=1S/C42H60N2O7/c1-28(2)23-34(43-40(49)33(26-37(46)51-41(5,6)7)20-19-30-15-11-9-12-16-30)36(45)22-21-32(25-31-17-13-10-14-18-31)39(48)44-35(24-29(3)4)38(47)42(8)27-50-42/h9-18,28-29,32-35H,19-27H2,1-8H3,(H,43,49)(H,44,48). The van der Waals surface area contributed by atoms with Crippen molar-refractivity contribution in [1.82, 2.24) is 10.6 Å². The summed E-state index contributed by atoms with van der Waals surface area (Å²) in [6.45, 7) is 15.4. The van der Waals surface area contributed by atoms with Gasteiger partial charge in [0.1, 0.15) is 11.2 Å². The second-order valence-corrected chi connectivity index (χ2v) is 16.2. The molecule has 0 spiro atoms. The maximum Gasteiger partial charge on any atom is 0.307 e. The van der Waals surface area contributed by atoms with E-state index in [9.17, 15) is 24.0 Å². The molecule has 2 amide bonds. The Kier molecular flexibility index (Phi) is 15.6. The third-order valence-corrected chi connectivity index (χ3v) is 9.11. The molecule has 5 unspecified atom stereocenters. The quantitative estimate of drug-likeness (QED) is 0.111. The van der Waals surface area contributed by atoms with Crippen molar-refractivity contribution in [3.05, 3.63) is 71.8 Å². The summed E-state index contributed by atoms with van der Waals surface area (Å²) in [4.78, 5) is 67.8. The summed E-state index contributed by atoms with van der Waals surface area (Å²) in [7, 11) is 0. The SMILES string of the molecule is CC(C)CC(NC(=O)C(CCc1ccccc1)CC(=O)OC(C)(C)C)C(=O)CCC(Cc1ccccc1)C(=O)NC(CC(C)C)C(=O)C1(C)CO1. The Hall–Kier alpha value is -3.85. The molecule has 1 aliphatic heterocycles. The molecule has 0 saturated carbocycles. The largest absolute Gasteiger partial charge is 0.460 e. The molecule has 1 heterocycles. The lowest BCUT2D eigenvalue weighted by molar-refractivity contribution is -0.157. The van der Waals surface area contributed by atoms with Crippen LogP contribution in [0.25, 0.3) is 0 Å². The summed E-state index contributed by atoms with van der Waals surface area (Å²) in [5.41, 5.74) is 0.433. The Bertz CT molecular complexity index is 1440. The van der Waals surface area contributed by atoms with E-state index in [1.807, 2.05) is 88.4 Å². The second-order valence-electron chi connectivity index (χ2n) is 16.2. The summed E-state index contributed by atoms with van der Waals surface area (Å²) in [6, 6.07) is 17.9.